The SMILES string of the molecule is COc1ccc(-n2nc(C(=O)N/N=C/c3c4ccccc4cc4ccccc34)c(C)c(C#N)c2=O)cc1. The van der Waals surface area contributed by atoms with Crippen LogP contribution in [0.25, 0.3) is 27.2 Å². The highest BCUT2D eigenvalue weighted by molar-refractivity contribution is 6.13. The van der Waals surface area contributed by atoms with Crippen LogP contribution in [0, 0.1) is 18.3 Å². The Kier molecular flexibility index (Phi) is 6.18. The zero-order valence-corrected chi connectivity index (χ0v) is 20.1. The lowest BCUT2D eigenvalue weighted by molar-refractivity contribution is 0.0947. The number of benzene rings is 4. The van der Waals surface area contributed by atoms with Gasteiger partial charge in [0.1, 0.15) is 17.4 Å². The molecule has 1 heterocycles. The van der Waals surface area contributed by atoms with Crippen LogP contribution < -0.4 is 15.7 Å². The molecule has 0 saturated carbocycles. The van der Waals surface area contributed by atoms with E-state index in [-0.39, 0.29) is 16.8 Å². The molecule has 180 valence electrons. The van der Waals surface area contributed by atoms with Crippen molar-refractivity contribution in [3.8, 4) is 17.5 Å². The summed E-state index contributed by atoms with van der Waals surface area (Å²) < 4.78 is 6.19. The molecule has 0 radical (unpaired) electrons. The molecule has 0 aliphatic heterocycles. The van der Waals surface area contributed by atoms with E-state index in [9.17, 15) is 14.9 Å². The minimum atomic E-state index is -0.642. The molecule has 1 N–H and O–H groups in total. The number of ether oxygens (including phenoxy) is 1. The van der Waals surface area contributed by atoms with E-state index in [0.29, 0.717) is 11.4 Å². The molecule has 4 aromatic carbocycles. The van der Waals surface area contributed by atoms with Crippen molar-refractivity contribution in [3.63, 3.8) is 0 Å². The summed E-state index contributed by atoms with van der Waals surface area (Å²) in [6, 6.07) is 26.5. The Labute approximate surface area is 212 Å². The molecule has 0 saturated heterocycles. The Hall–Kier alpha value is -5.29. The van der Waals surface area contributed by atoms with E-state index in [1.807, 2.05) is 54.6 Å². The molecule has 0 atom stereocenters. The van der Waals surface area contributed by atoms with Gasteiger partial charge in [-0.25, -0.2) is 5.43 Å². The van der Waals surface area contributed by atoms with Crippen LogP contribution in [0.15, 0.2) is 88.8 Å². The summed E-state index contributed by atoms with van der Waals surface area (Å²) in [7, 11) is 1.53. The molecule has 8 nitrogen and oxygen atoms in total. The Morgan fingerprint density at radius 1 is 1.03 bits per heavy atom. The second kappa shape index (κ2) is 9.76. The number of fused-ring (bicyclic) bond motifs is 2. The van der Waals surface area contributed by atoms with E-state index < -0.39 is 11.5 Å². The van der Waals surface area contributed by atoms with Crippen molar-refractivity contribution in [2.24, 2.45) is 5.10 Å². The number of nitriles is 1. The van der Waals surface area contributed by atoms with Crippen molar-refractivity contribution < 1.29 is 9.53 Å². The Bertz CT molecular complexity index is 1740. The second-order valence-corrected chi connectivity index (χ2v) is 8.31. The first-order valence-electron chi connectivity index (χ1n) is 11.4. The highest BCUT2D eigenvalue weighted by atomic mass is 16.5. The fourth-order valence-corrected chi connectivity index (χ4v) is 4.25. The summed E-state index contributed by atoms with van der Waals surface area (Å²) in [5.74, 6) is -0.0465. The van der Waals surface area contributed by atoms with Gasteiger partial charge in [0, 0.05) is 11.1 Å². The number of carbonyl (C=O) groups excluding carboxylic acids is 1. The molecule has 0 aliphatic carbocycles. The van der Waals surface area contributed by atoms with Crippen molar-refractivity contribution >= 4 is 33.7 Å². The number of nitrogens with one attached hydrogen (secondary N) is 1. The third kappa shape index (κ3) is 4.30. The van der Waals surface area contributed by atoms with Gasteiger partial charge in [0.2, 0.25) is 0 Å². The van der Waals surface area contributed by atoms with Crippen LogP contribution in [-0.2, 0) is 0 Å². The van der Waals surface area contributed by atoms with Gasteiger partial charge in [0.15, 0.2) is 5.69 Å². The van der Waals surface area contributed by atoms with Crippen molar-refractivity contribution in [3.05, 3.63) is 112 Å². The summed E-state index contributed by atoms with van der Waals surface area (Å²) in [6.45, 7) is 1.52. The molecule has 1 amide bonds. The summed E-state index contributed by atoms with van der Waals surface area (Å²) in [6.07, 6.45) is 1.60. The molecule has 0 aliphatic rings. The third-order valence-corrected chi connectivity index (χ3v) is 6.15. The molecule has 37 heavy (non-hydrogen) atoms. The Morgan fingerprint density at radius 3 is 2.24 bits per heavy atom. The number of nitrogens with zero attached hydrogens (tertiary/aromatic N) is 4. The third-order valence-electron chi connectivity index (χ3n) is 6.15. The zero-order chi connectivity index (χ0) is 25.9. The van der Waals surface area contributed by atoms with Gasteiger partial charge in [-0.05, 0) is 58.8 Å². The van der Waals surface area contributed by atoms with Crippen LogP contribution in [0.1, 0.15) is 27.2 Å². The molecule has 1 aromatic heterocycles. The minimum Gasteiger partial charge on any atom is -0.497 e. The van der Waals surface area contributed by atoms with Crippen molar-refractivity contribution in [2.75, 3.05) is 7.11 Å². The maximum absolute atomic E-state index is 13.1. The standard InChI is InChI=1S/C29H21N5O3/c1-18-25(16-30)29(36)34(21-11-13-22(37-2)14-12-21)33-27(18)28(35)32-31-17-26-23-9-5-3-7-19(23)15-20-8-4-6-10-24(20)26/h3-15,17H,1-2H3,(H,32,35)/b31-17+. The summed E-state index contributed by atoms with van der Waals surface area (Å²) in [5.41, 5.74) is 3.08. The Morgan fingerprint density at radius 2 is 1.65 bits per heavy atom. The average molecular weight is 488 g/mol. The molecule has 5 rings (SSSR count). The minimum absolute atomic E-state index is 0.0769. The largest absolute Gasteiger partial charge is 0.497 e. The molecule has 0 fully saturated rings. The normalized spacial score (nSPS) is 11.1. The van der Waals surface area contributed by atoms with Crippen LogP contribution in [0.3, 0.4) is 0 Å². The maximum Gasteiger partial charge on any atom is 0.292 e. The highest BCUT2D eigenvalue weighted by Crippen LogP contribution is 2.27. The van der Waals surface area contributed by atoms with E-state index >= 15 is 0 Å². The summed E-state index contributed by atoms with van der Waals surface area (Å²) >= 11 is 0. The molecule has 0 bridgehead atoms. The topological polar surface area (TPSA) is 109 Å². The number of hydrogen-bond donors (Lipinski definition) is 1. The average Bonchev–Trinajstić information content (AvgIpc) is 2.93. The molecular weight excluding hydrogens is 466 g/mol. The van der Waals surface area contributed by atoms with Gasteiger partial charge in [-0.15, -0.1) is 0 Å². The number of carbonyl (C=O) groups is 1. The van der Waals surface area contributed by atoms with E-state index in [0.717, 1.165) is 31.8 Å². The van der Waals surface area contributed by atoms with Crippen molar-refractivity contribution in [1.82, 2.24) is 15.2 Å². The van der Waals surface area contributed by atoms with Gasteiger partial charge in [-0.2, -0.15) is 20.1 Å². The van der Waals surface area contributed by atoms with E-state index in [1.165, 1.54) is 14.0 Å². The Balaban J connectivity index is 1.53. The first-order valence-corrected chi connectivity index (χ1v) is 11.4. The van der Waals surface area contributed by atoms with Crippen LogP contribution in [0.5, 0.6) is 5.75 Å². The van der Waals surface area contributed by atoms with Gasteiger partial charge < -0.3 is 4.74 Å². The fraction of sp³-hybridized carbons (Fsp3) is 0.0690. The highest BCUT2D eigenvalue weighted by Gasteiger charge is 2.20. The van der Waals surface area contributed by atoms with Crippen molar-refractivity contribution in [1.29, 1.82) is 5.26 Å². The predicted molar refractivity (Wildman–Crippen MR) is 142 cm³/mol. The fourth-order valence-electron chi connectivity index (χ4n) is 4.25. The first-order chi connectivity index (χ1) is 18.0. The number of amides is 1. The van der Waals surface area contributed by atoms with Crippen molar-refractivity contribution in [2.45, 2.75) is 6.92 Å². The summed E-state index contributed by atoms with van der Waals surface area (Å²) in [5, 5.41) is 22.2. The number of methoxy groups -OCH3 is 1. The van der Waals surface area contributed by atoms with Gasteiger partial charge >= 0.3 is 0 Å². The number of hydrogen-bond acceptors (Lipinski definition) is 6. The van der Waals surface area contributed by atoms with Crippen LogP contribution in [0.2, 0.25) is 0 Å². The van der Waals surface area contributed by atoms with E-state index in [4.69, 9.17) is 4.74 Å². The molecular formula is C29H21N5O3. The van der Waals surface area contributed by atoms with Gasteiger partial charge in [0.25, 0.3) is 11.5 Å². The lowest BCUT2D eigenvalue weighted by Gasteiger charge is -2.11. The maximum atomic E-state index is 13.1. The van der Waals surface area contributed by atoms with Gasteiger partial charge in [-0.3, -0.25) is 9.59 Å². The van der Waals surface area contributed by atoms with E-state index in [1.54, 1.807) is 30.5 Å². The smallest absolute Gasteiger partial charge is 0.292 e. The number of rotatable bonds is 5. The van der Waals surface area contributed by atoms with Crippen LogP contribution in [0.4, 0.5) is 0 Å². The molecule has 8 heteroatoms. The molecule has 0 spiro atoms. The number of hydrazone groups is 1. The molecule has 5 aromatic rings. The lowest BCUT2D eigenvalue weighted by atomic mass is 9.97. The van der Waals surface area contributed by atoms with Crippen LogP contribution >= 0.6 is 0 Å². The van der Waals surface area contributed by atoms with E-state index in [2.05, 4.69) is 21.7 Å². The predicted octanol–water partition coefficient (Wildman–Crippen LogP) is 4.49. The quantitative estimate of drug-likeness (QED) is 0.223. The first kappa shape index (κ1) is 23.5. The second-order valence-electron chi connectivity index (χ2n) is 8.31. The summed E-state index contributed by atoms with van der Waals surface area (Å²) in [4.78, 5) is 26.0. The van der Waals surface area contributed by atoms with Crippen LogP contribution in [-0.4, -0.2) is 29.0 Å². The van der Waals surface area contributed by atoms with Gasteiger partial charge in [0.05, 0.1) is 19.0 Å². The number of aromatic nitrogens is 2. The lowest BCUT2D eigenvalue weighted by Crippen LogP contribution is -2.31. The zero-order valence-electron chi connectivity index (χ0n) is 20.1. The monoisotopic (exact) mass is 487 g/mol. The van der Waals surface area contributed by atoms with Gasteiger partial charge in [-0.1, -0.05) is 48.5 Å². The molecule has 0 unspecified atom stereocenters.